The van der Waals surface area contributed by atoms with Gasteiger partial charge in [-0.3, -0.25) is 4.79 Å². The SMILES string of the molecule is CCc1ccc(N2N=C(C)C(=Cc3ccc(OC)c(OC)c3)C2=O)cc1. The number of hydrazone groups is 1. The highest BCUT2D eigenvalue weighted by molar-refractivity contribution is 6.32. The lowest BCUT2D eigenvalue weighted by atomic mass is 10.1. The molecule has 2 aromatic carbocycles. The molecule has 2 aromatic rings. The van der Waals surface area contributed by atoms with Crippen molar-refractivity contribution in [1.82, 2.24) is 0 Å². The molecule has 0 atom stereocenters. The second kappa shape index (κ2) is 7.44. The maximum Gasteiger partial charge on any atom is 0.280 e. The Bertz CT molecular complexity index is 883. The molecule has 0 unspecified atom stereocenters. The third kappa shape index (κ3) is 3.33. The topological polar surface area (TPSA) is 51.1 Å². The van der Waals surface area contributed by atoms with E-state index < -0.39 is 0 Å². The van der Waals surface area contributed by atoms with E-state index in [1.54, 1.807) is 14.2 Å². The molecule has 0 fully saturated rings. The van der Waals surface area contributed by atoms with Gasteiger partial charge in [-0.1, -0.05) is 25.1 Å². The standard InChI is InChI=1S/C21H22N2O3/c1-5-15-6-9-17(10-7-15)23-21(24)18(14(2)22-23)12-16-8-11-19(25-3)20(13-16)26-4/h6-13H,5H2,1-4H3. The summed E-state index contributed by atoms with van der Waals surface area (Å²) in [5, 5.41) is 5.87. The van der Waals surface area contributed by atoms with Crippen LogP contribution in [-0.2, 0) is 11.2 Å². The Morgan fingerprint density at radius 2 is 1.73 bits per heavy atom. The fourth-order valence-electron chi connectivity index (χ4n) is 2.84. The van der Waals surface area contributed by atoms with E-state index >= 15 is 0 Å². The molecule has 0 radical (unpaired) electrons. The number of amides is 1. The van der Waals surface area contributed by atoms with Gasteiger partial charge in [-0.2, -0.15) is 10.1 Å². The molecule has 0 aliphatic carbocycles. The Hall–Kier alpha value is -3.08. The smallest absolute Gasteiger partial charge is 0.280 e. The van der Waals surface area contributed by atoms with Crippen molar-refractivity contribution >= 4 is 23.4 Å². The number of carbonyl (C=O) groups excluding carboxylic acids is 1. The molecule has 0 spiro atoms. The number of anilines is 1. The number of rotatable bonds is 5. The van der Waals surface area contributed by atoms with E-state index in [4.69, 9.17) is 9.47 Å². The second-order valence-electron chi connectivity index (χ2n) is 5.99. The predicted molar refractivity (Wildman–Crippen MR) is 104 cm³/mol. The first-order valence-electron chi connectivity index (χ1n) is 8.50. The highest BCUT2D eigenvalue weighted by Crippen LogP contribution is 2.30. The summed E-state index contributed by atoms with van der Waals surface area (Å²) in [5.41, 5.74) is 4.09. The fraction of sp³-hybridized carbons (Fsp3) is 0.238. The van der Waals surface area contributed by atoms with Gasteiger partial charge in [-0.05, 0) is 54.8 Å². The van der Waals surface area contributed by atoms with Crippen molar-refractivity contribution in [2.24, 2.45) is 5.10 Å². The number of ether oxygens (including phenoxy) is 2. The molecule has 5 heteroatoms. The maximum absolute atomic E-state index is 12.8. The highest BCUT2D eigenvalue weighted by Gasteiger charge is 2.28. The third-order valence-corrected chi connectivity index (χ3v) is 4.37. The van der Waals surface area contributed by atoms with E-state index in [9.17, 15) is 4.79 Å². The van der Waals surface area contributed by atoms with Crippen LogP contribution in [0.25, 0.3) is 6.08 Å². The van der Waals surface area contributed by atoms with Crippen LogP contribution in [0.15, 0.2) is 53.1 Å². The monoisotopic (exact) mass is 350 g/mol. The number of hydrogen-bond acceptors (Lipinski definition) is 4. The molecule has 1 aliphatic rings. The van der Waals surface area contributed by atoms with Crippen molar-refractivity contribution in [3.8, 4) is 11.5 Å². The Morgan fingerprint density at radius 3 is 2.35 bits per heavy atom. The van der Waals surface area contributed by atoms with E-state index in [1.165, 1.54) is 10.6 Å². The maximum atomic E-state index is 12.8. The van der Waals surface area contributed by atoms with E-state index in [1.807, 2.05) is 55.5 Å². The van der Waals surface area contributed by atoms with Crippen LogP contribution in [0.4, 0.5) is 5.69 Å². The predicted octanol–water partition coefficient (Wildman–Crippen LogP) is 4.07. The third-order valence-electron chi connectivity index (χ3n) is 4.37. The molecular formula is C21H22N2O3. The first-order valence-corrected chi connectivity index (χ1v) is 8.50. The van der Waals surface area contributed by atoms with Crippen molar-refractivity contribution in [2.75, 3.05) is 19.2 Å². The van der Waals surface area contributed by atoms with Crippen LogP contribution in [0.1, 0.15) is 25.0 Å². The van der Waals surface area contributed by atoms with Crippen LogP contribution >= 0.6 is 0 Å². The average Bonchev–Trinajstić information content (AvgIpc) is 2.96. The fourth-order valence-corrected chi connectivity index (χ4v) is 2.84. The summed E-state index contributed by atoms with van der Waals surface area (Å²) >= 11 is 0. The number of nitrogens with zero attached hydrogens (tertiary/aromatic N) is 2. The minimum atomic E-state index is -0.137. The van der Waals surface area contributed by atoms with Gasteiger partial charge in [0.1, 0.15) is 0 Å². The van der Waals surface area contributed by atoms with Crippen molar-refractivity contribution in [3.05, 3.63) is 59.2 Å². The molecule has 26 heavy (non-hydrogen) atoms. The van der Waals surface area contributed by atoms with E-state index in [-0.39, 0.29) is 5.91 Å². The molecule has 0 saturated heterocycles. The van der Waals surface area contributed by atoms with Crippen LogP contribution in [0, 0.1) is 0 Å². The number of carbonyl (C=O) groups is 1. The Morgan fingerprint density at radius 1 is 1.04 bits per heavy atom. The number of hydrogen-bond donors (Lipinski definition) is 0. The van der Waals surface area contributed by atoms with Crippen molar-refractivity contribution in [1.29, 1.82) is 0 Å². The number of aryl methyl sites for hydroxylation is 1. The lowest BCUT2D eigenvalue weighted by molar-refractivity contribution is -0.114. The summed E-state index contributed by atoms with van der Waals surface area (Å²) in [5.74, 6) is 1.13. The first kappa shape index (κ1) is 17.7. The molecule has 134 valence electrons. The van der Waals surface area contributed by atoms with E-state index in [2.05, 4.69) is 12.0 Å². The van der Waals surface area contributed by atoms with Gasteiger partial charge in [-0.25, -0.2) is 0 Å². The van der Waals surface area contributed by atoms with Crippen LogP contribution in [0.2, 0.25) is 0 Å². The zero-order chi connectivity index (χ0) is 18.7. The molecule has 1 aliphatic heterocycles. The van der Waals surface area contributed by atoms with Crippen molar-refractivity contribution < 1.29 is 14.3 Å². The van der Waals surface area contributed by atoms with Crippen LogP contribution < -0.4 is 14.5 Å². The Kier molecular flexibility index (Phi) is 5.07. The zero-order valence-corrected chi connectivity index (χ0v) is 15.4. The summed E-state index contributed by atoms with van der Waals surface area (Å²) in [4.78, 5) is 12.8. The summed E-state index contributed by atoms with van der Waals surface area (Å²) < 4.78 is 10.6. The molecule has 0 bridgehead atoms. The van der Waals surface area contributed by atoms with Gasteiger partial charge in [-0.15, -0.1) is 0 Å². The summed E-state index contributed by atoms with van der Waals surface area (Å²) in [6.45, 7) is 3.94. The highest BCUT2D eigenvalue weighted by atomic mass is 16.5. The van der Waals surface area contributed by atoms with Gasteiger partial charge in [0.25, 0.3) is 5.91 Å². The largest absolute Gasteiger partial charge is 0.493 e. The van der Waals surface area contributed by atoms with Crippen LogP contribution in [-0.4, -0.2) is 25.8 Å². The molecule has 0 aromatic heterocycles. The zero-order valence-electron chi connectivity index (χ0n) is 15.4. The van der Waals surface area contributed by atoms with Gasteiger partial charge in [0.05, 0.1) is 31.2 Å². The van der Waals surface area contributed by atoms with Gasteiger partial charge in [0.2, 0.25) is 0 Å². The quantitative estimate of drug-likeness (QED) is 0.764. The average molecular weight is 350 g/mol. The molecule has 0 saturated carbocycles. The van der Waals surface area contributed by atoms with E-state index in [0.29, 0.717) is 22.8 Å². The van der Waals surface area contributed by atoms with Gasteiger partial charge in [0.15, 0.2) is 11.5 Å². The number of methoxy groups -OCH3 is 2. The molecule has 3 rings (SSSR count). The van der Waals surface area contributed by atoms with Crippen LogP contribution in [0.3, 0.4) is 0 Å². The van der Waals surface area contributed by atoms with Gasteiger partial charge < -0.3 is 9.47 Å². The molecule has 1 heterocycles. The summed E-state index contributed by atoms with van der Waals surface area (Å²) in [6.07, 6.45) is 2.78. The molecule has 1 amide bonds. The van der Waals surface area contributed by atoms with Crippen molar-refractivity contribution in [3.63, 3.8) is 0 Å². The second-order valence-corrected chi connectivity index (χ2v) is 5.99. The normalized spacial score (nSPS) is 15.4. The van der Waals surface area contributed by atoms with Gasteiger partial charge in [0, 0.05) is 0 Å². The minimum Gasteiger partial charge on any atom is -0.493 e. The van der Waals surface area contributed by atoms with Crippen molar-refractivity contribution in [2.45, 2.75) is 20.3 Å². The number of benzene rings is 2. The Labute approximate surface area is 153 Å². The minimum absolute atomic E-state index is 0.137. The first-order chi connectivity index (χ1) is 12.6. The lowest BCUT2D eigenvalue weighted by Gasteiger charge is -2.12. The molecular weight excluding hydrogens is 328 g/mol. The molecule has 0 N–H and O–H groups in total. The van der Waals surface area contributed by atoms with E-state index in [0.717, 1.165) is 17.7 Å². The Balaban J connectivity index is 1.91. The van der Waals surface area contributed by atoms with Gasteiger partial charge >= 0.3 is 0 Å². The summed E-state index contributed by atoms with van der Waals surface area (Å²) in [6, 6.07) is 13.4. The summed E-state index contributed by atoms with van der Waals surface area (Å²) in [7, 11) is 3.18. The molecule has 5 nitrogen and oxygen atoms in total. The van der Waals surface area contributed by atoms with Crippen LogP contribution in [0.5, 0.6) is 11.5 Å². The lowest BCUT2D eigenvalue weighted by Crippen LogP contribution is -2.21.